The molecule has 0 spiro atoms. The number of benzene rings is 1. The van der Waals surface area contributed by atoms with Gasteiger partial charge in [-0.15, -0.1) is 0 Å². The molecule has 0 amide bonds. The Kier molecular flexibility index (Phi) is 6.06. The second-order valence-electron chi connectivity index (χ2n) is 6.84. The molecule has 0 fully saturated rings. The lowest BCUT2D eigenvalue weighted by atomic mass is 9.77. The van der Waals surface area contributed by atoms with Crippen LogP contribution in [-0.2, 0) is 6.42 Å². The van der Waals surface area contributed by atoms with Gasteiger partial charge in [0.15, 0.2) is 0 Å². The molecule has 2 atom stereocenters. The first kappa shape index (κ1) is 16.2. The van der Waals surface area contributed by atoms with E-state index in [2.05, 4.69) is 71.2 Å². The van der Waals surface area contributed by atoms with Crippen molar-refractivity contribution in [1.29, 1.82) is 0 Å². The van der Waals surface area contributed by atoms with Crippen LogP contribution in [0.15, 0.2) is 24.3 Å². The van der Waals surface area contributed by atoms with Crippen molar-refractivity contribution in [2.45, 2.75) is 59.9 Å². The Bertz CT molecular complexity index is 358. The summed E-state index contributed by atoms with van der Waals surface area (Å²) in [7, 11) is 2.07. The molecule has 1 aromatic rings. The molecule has 0 saturated carbocycles. The number of nitrogens with one attached hydrogen (secondary N) is 1. The van der Waals surface area contributed by atoms with Crippen molar-refractivity contribution in [1.82, 2.24) is 5.32 Å². The third-order valence-electron chi connectivity index (χ3n) is 4.34. The Morgan fingerprint density at radius 3 is 2.11 bits per heavy atom. The third-order valence-corrected chi connectivity index (χ3v) is 4.34. The van der Waals surface area contributed by atoms with Gasteiger partial charge in [0.2, 0.25) is 0 Å². The van der Waals surface area contributed by atoms with Crippen LogP contribution >= 0.6 is 0 Å². The summed E-state index contributed by atoms with van der Waals surface area (Å²) in [6, 6.07) is 9.61. The lowest BCUT2D eigenvalue weighted by Crippen LogP contribution is -2.25. The Labute approximate surface area is 119 Å². The van der Waals surface area contributed by atoms with Gasteiger partial charge in [-0.25, -0.2) is 0 Å². The van der Waals surface area contributed by atoms with E-state index in [1.165, 1.54) is 30.4 Å². The van der Waals surface area contributed by atoms with Gasteiger partial charge in [0, 0.05) is 6.04 Å². The van der Waals surface area contributed by atoms with E-state index in [4.69, 9.17) is 0 Å². The average Bonchev–Trinajstić information content (AvgIpc) is 2.36. The molecule has 108 valence electrons. The van der Waals surface area contributed by atoms with E-state index in [-0.39, 0.29) is 0 Å². The summed E-state index contributed by atoms with van der Waals surface area (Å²) in [5.41, 5.74) is 3.24. The van der Waals surface area contributed by atoms with Crippen LogP contribution in [0.25, 0.3) is 0 Å². The number of rotatable bonds is 6. The van der Waals surface area contributed by atoms with Crippen molar-refractivity contribution in [2.75, 3.05) is 7.05 Å². The van der Waals surface area contributed by atoms with Crippen molar-refractivity contribution in [3.05, 3.63) is 35.4 Å². The standard InChI is InChI=1S/C18H31N/c1-7-8-15-9-11-16(12-10-15)17(19-6)13-14(2)18(3,4)5/h9-12,14,17,19H,7-8,13H2,1-6H3. The number of aryl methyl sites for hydroxylation is 1. The van der Waals surface area contributed by atoms with E-state index in [1.807, 2.05) is 0 Å². The average molecular weight is 261 g/mol. The minimum absolute atomic E-state index is 0.372. The maximum absolute atomic E-state index is 3.47. The first-order chi connectivity index (χ1) is 8.88. The zero-order valence-corrected chi connectivity index (χ0v) is 13.6. The topological polar surface area (TPSA) is 12.0 Å². The number of hydrogen-bond donors (Lipinski definition) is 1. The lowest BCUT2D eigenvalue weighted by molar-refractivity contribution is 0.226. The van der Waals surface area contributed by atoms with Crippen LogP contribution in [-0.4, -0.2) is 7.05 Å². The fourth-order valence-corrected chi connectivity index (χ4v) is 2.33. The summed E-state index contributed by atoms with van der Waals surface area (Å²) >= 11 is 0. The van der Waals surface area contributed by atoms with E-state index in [1.54, 1.807) is 0 Å². The van der Waals surface area contributed by atoms with Crippen molar-refractivity contribution >= 4 is 0 Å². The first-order valence-electron chi connectivity index (χ1n) is 7.64. The minimum Gasteiger partial charge on any atom is -0.313 e. The lowest BCUT2D eigenvalue weighted by Gasteiger charge is -2.31. The van der Waals surface area contributed by atoms with Gasteiger partial charge in [0.25, 0.3) is 0 Å². The van der Waals surface area contributed by atoms with Crippen LogP contribution in [0, 0.1) is 11.3 Å². The molecule has 0 aliphatic heterocycles. The fourth-order valence-electron chi connectivity index (χ4n) is 2.33. The SMILES string of the molecule is CCCc1ccc(C(CC(C)C(C)(C)C)NC)cc1. The maximum Gasteiger partial charge on any atom is 0.0320 e. The third kappa shape index (κ3) is 4.99. The molecule has 0 radical (unpaired) electrons. The van der Waals surface area contributed by atoms with Gasteiger partial charge in [0.1, 0.15) is 0 Å². The van der Waals surface area contributed by atoms with Gasteiger partial charge in [0.05, 0.1) is 0 Å². The zero-order chi connectivity index (χ0) is 14.5. The second-order valence-corrected chi connectivity index (χ2v) is 6.84. The van der Waals surface area contributed by atoms with E-state index in [0.717, 1.165) is 0 Å². The monoisotopic (exact) mass is 261 g/mol. The predicted octanol–water partition coefficient (Wildman–Crippen LogP) is 4.97. The number of hydrogen-bond acceptors (Lipinski definition) is 1. The molecule has 0 bridgehead atoms. The van der Waals surface area contributed by atoms with Gasteiger partial charge in [-0.3, -0.25) is 0 Å². The van der Waals surface area contributed by atoms with Crippen LogP contribution < -0.4 is 5.32 Å². The van der Waals surface area contributed by atoms with Gasteiger partial charge in [-0.1, -0.05) is 65.3 Å². The highest BCUT2D eigenvalue weighted by Crippen LogP contribution is 2.33. The van der Waals surface area contributed by atoms with Crippen molar-refractivity contribution < 1.29 is 0 Å². The summed E-state index contributed by atoms with van der Waals surface area (Å²) < 4.78 is 0. The summed E-state index contributed by atoms with van der Waals surface area (Å²) in [4.78, 5) is 0. The molecule has 0 aliphatic rings. The van der Waals surface area contributed by atoms with Crippen LogP contribution in [0.2, 0.25) is 0 Å². The van der Waals surface area contributed by atoms with E-state index < -0.39 is 0 Å². The maximum atomic E-state index is 3.47. The molecule has 1 rings (SSSR count). The van der Waals surface area contributed by atoms with Crippen LogP contribution in [0.3, 0.4) is 0 Å². The highest BCUT2D eigenvalue weighted by molar-refractivity contribution is 5.25. The molecular formula is C18H31N. The second kappa shape index (κ2) is 7.09. The van der Waals surface area contributed by atoms with Crippen LogP contribution in [0.5, 0.6) is 0 Å². The largest absolute Gasteiger partial charge is 0.313 e. The summed E-state index contributed by atoms with van der Waals surface area (Å²) in [5.74, 6) is 0.695. The Hall–Kier alpha value is -0.820. The summed E-state index contributed by atoms with van der Waals surface area (Å²) in [5, 5.41) is 3.47. The molecule has 1 nitrogen and oxygen atoms in total. The molecule has 2 unspecified atom stereocenters. The molecular weight excluding hydrogens is 230 g/mol. The van der Waals surface area contributed by atoms with Gasteiger partial charge in [-0.2, -0.15) is 0 Å². The molecule has 0 heterocycles. The zero-order valence-electron chi connectivity index (χ0n) is 13.6. The molecule has 1 aromatic carbocycles. The van der Waals surface area contributed by atoms with Gasteiger partial charge in [-0.05, 0) is 42.3 Å². The van der Waals surface area contributed by atoms with Crippen LogP contribution in [0.4, 0.5) is 0 Å². The first-order valence-corrected chi connectivity index (χ1v) is 7.64. The van der Waals surface area contributed by atoms with Crippen molar-refractivity contribution in [3.8, 4) is 0 Å². The molecule has 1 N–H and O–H groups in total. The summed E-state index contributed by atoms with van der Waals surface area (Å²) in [6.45, 7) is 11.6. The molecule has 0 saturated heterocycles. The normalized spacial score (nSPS) is 15.3. The fraction of sp³-hybridized carbons (Fsp3) is 0.667. The Morgan fingerprint density at radius 2 is 1.68 bits per heavy atom. The smallest absolute Gasteiger partial charge is 0.0320 e. The highest BCUT2D eigenvalue weighted by atomic mass is 14.9. The summed E-state index contributed by atoms with van der Waals surface area (Å²) in [6.07, 6.45) is 3.59. The predicted molar refractivity (Wildman–Crippen MR) is 85.5 cm³/mol. The van der Waals surface area contributed by atoms with Crippen molar-refractivity contribution in [2.24, 2.45) is 11.3 Å². The van der Waals surface area contributed by atoms with Gasteiger partial charge >= 0.3 is 0 Å². The van der Waals surface area contributed by atoms with E-state index >= 15 is 0 Å². The van der Waals surface area contributed by atoms with E-state index in [0.29, 0.717) is 17.4 Å². The minimum atomic E-state index is 0.372. The Balaban J connectivity index is 2.74. The molecule has 0 aliphatic carbocycles. The van der Waals surface area contributed by atoms with Gasteiger partial charge < -0.3 is 5.32 Å². The van der Waals surface area contributed by atoms with E-state index in [9.17, 15) is 0 Å². The molecule has 19 heavy (non-hydrogen) atoms. The molecule has 1 heteroatoms. The quantitative estimate of drug-likeness (QED) is 0.762. The highest BCUT2D eigenvalue weighted by Gasteiger charge is 2.23. The van der Waals surface area contributed by atoms with Crippen molar-refractivity contribution in [3.63, 3.8) is 0 Å². The molecule has 0 aromatic heterocycles. The Morgan fingerprint density at radius 1 is 1.11 bits per heavy atom. The van der Waals surface area contributed by atoms with Crippen LogP contribution in [0.1, 0.15) is 64.6 Å².